The number of hydrogen-bond acceptors (Lipinski definition) is 9. The molecule has 178 valence electrons. The first kappa shape index (κ1) is 23.0. The Hall–Kier alpha value is -4.74. The topological polar surface area (TPSA) is 164 Å². The number of anilines is 3. The molecule has 2 aromatic heterocycles. The van der Waals surface area contributed by atoms with Crippen LogP contribution in [-0.2, 0) is 0 Å². The molecule has 0 saturated carbocycles. The molecule has 2 aromatic carbocycles. The van der Waals surface area contributed by atoms with Gasteiger partial charge < -0.3 is 16.4 Å². The van der Waals surface area contributed by atoms with Gasteiger partial charge in [-0.15, -0.1) is 0 Å². The second-order valence-corrected chi connectivity index (χ2v) is 8.59. The van der Waals surface area contributed by atoms with Crippen LogP contribution in [0.2, 0.25) is 5.02 Å². The zero-order valence-corrected chi connectivity index (χ0v) is 19.4. The highest BCUT2D eigenvalue weighted by Crippen LogP contribution is 2.38. The van der Waals surface area contributed by atoms with Gasteiger partial charge in [0.15, 0.2) is 5.82 Å². The van der Waals surface area contributed by atoms with Crippen molar-refractivity contribution in [3.05, 3.63) is 74.5 Å². The van der Waals surface area contributed by atoms with E-state index in [2.05, 4.69) is 9.97 Å². The Labute approximate surface area is 208 Å². The summed E-state index contributed by atoms with van der Waals surface area (Å²) in [5, 5.41) is 19.4. The first-order valence-electron chi connectivity index (χ1n) is 10.8. The van der Waals surface area contributed by atoms with Gasteiger partial charge >= 0.3 is 0 Å². The maximum Gasteiger partial charge on any atom is 0.267 e. The summed E-state index contributed by atoms with van der Waals surface area (Å²) < 4.78 is 15.7. The summed E-state index contributed by atoms with van der Waals surface area (Å²) in [4.78, 5) is 28.5. The van der Waals surface area contributed by atoms with E-state index in [1.54, 1.807) is 23.1 Å². The van der Waals surface area contributed by atoms with Gasteiger partial charge in [0.1, 0.15) is 29.1 Å². The van der Waals surface area contributed by atoms with Crippen LogP contribution in [0, 0.1) is 28.5 Å². The molecule has 0 spiro atoms. The van der Waals surface area contributed by atoms with Crippen molar-refractivity contribution in [2.45, 2.75) is 18.9 Å². The minimum atomic E-state index is -0.687. The number of benzene rings is 2. The first-order valence-corrected chi connectivity index (χ1v) is 11.2. The maximum absolute atomic E-state index is 14.5. The highest BCUT2D eigenvalue weighted by Gasteiger charge is 2.34. The Morgan fingerprint density at radius 3 is 2.67 bits per heavy atom. The zero-order valence-electron chi connectivity index (χ0n) is 18.6. The van der Waals surface area contributed by atoms with Crippen molar-refractivity contribution in [3.8, 4) is 17.8 Å². The maximum atomic E-state index is 14.5. The van der Waals surface area contributed by atoms with Gasteiger partial charge in [-0.1, -0.05) is 17.7 Å². The molecule has 10 nitrogen and oxygen atoms in total. The fourth-order valence-corrected chi connectivity index (χ4v) is 4.79. The van der Waals surface area contributed by atoms with Crippen LogP contribution in [0.15, 0.2) is 41.2 Å². The highest BCUT2D eigenvalue weighted by atomic mass is 35.5. The second-order valence-electron chi connectivity index (χ2n) is 8.18. The lowest BCUT2D eigenvalue weighted by Gasteiger charge is -2.28. The Morgan fingerprint density at radius 2 is 1.92 bits per heavy atom. The van der Waals surface area contributed by atoms with Crippen molar-refractivity contribution in [2.24, 2.45) is 0 Å². The van der Waals surface area contributed by atoms with Crippen molar-refractivity contribution >= 4 is 40.1 Å². The van der Waals surface area contributed by atoms with Gasteiger partial charge in [0.25, 0.3) is 5.56 Å². The fourth-order valence-electron chi connectivity index (χ4n) is 4.53. The SMILES string of the molecule is N#Cc1cc(F)cc(-n2c(C3CCCN3c3nc(N)nc(N)c3C#N)nc3cccc(Cl)c3c2=O)c1. The average molecular weight is 502 g/mol. The molecule has 0 amide bonds. The molecule has 1 fully saturated rings. The first-order chi connectivity index (χ1) is 17.3. The number of fused-ring (bicyclic) bond motifs is 1. The summed E-state index contributed by atoms with van der Waals surface area (Å²) in [7, 11) is 0. The molecule has 1 atom stereocenters. The predicted octanol–water partition coefficient (Wildman–Crippen LogP) is 3.22. The zero-order chi connectivity index (χ0) is 25.6. The molecule has 0 radical (unpaired) electrons. The summed E-state index contributed by atoms with van der Waals surface area (Å²) >= 11 is 6.35. The number of nitrogen functional groups attached to an aromatic ring is 2. The molecular formula is C24H17ClFN9O. The molecule has 1 aliphatic heterocycles. The number of nitriles is 2. The van der Waals surface area contributed by atoms with Crippen LogP contribution in [0.5, 0.6) is 0 Å². The molecule has 1 aliphatic rings. The lowest BCUT2D eigenvalue weighted by molar-refractivity contribution is 0.616. The van der Waals surface area contributed by atoms with E-state index in [1.165, 1.54) is 10.6 Å². The van der Waals surface area contributed by atoms with Gasteiger partial charge in [-0.05, 0) is 43.2 Å². The van der Waals surface area contributed by atoms with Gasteiger partial charge in [0, 0.05) is 6.54 Å². The molecule has 0 bridgehead atoms. The average Bonchev–Trinajstić information content (AvgIpc) is 3.32. The van der Waals surface area contributed by atoms with Crippen molar-refractivity contribution < 1.29 is 4.39 Å². The highest BCUT2D eigenvalue weighted by molar-refractivity contribution is 6.35. The Morgan fingerprint density at radius 1 is 1.11 bits per heavy atom. The van der Waals surface area contributed by atoms with Crippen molar-refractivity contribution in [2.75, 3.05) is 22.9 Å². The molecule has 36 heavy (non-hydrogen) atoms. The van der Waals surface area contributed by atoms with E-state index in [-0.39, 0.29) is 50.6 Å². The summed E-state index contributed by atoms with van der Waals surface area (Å²) in [5.41, 5.74) is 11.8. The lowest BCUT2D eigenvalue weighted by atomic mass is 10.1. The van der Waals surface area contributed by atoms with Gasteiger partial charge in [-0.2, -0.15) is 20.5 Å². The standard InChI is InChI=1S/C24H17ClFN9O/c25-16-3-1-4-17-19(16)23(36)35(14-8-12(10-27)7-13(26)9-14)22(31-17)18-5-2-6-34(18)21-15(11-28)20(29)32-24(30)33-21/h1,3-4,7-9,18H,2,5-6H2,(H4,29,30,32,33). The summed E-state index contributed by atoms with van der Waals surface area (Å²) in [6.07, 6.45) is 1.21. The van der Waals surface area contributed by atoms with E-state index in [4.69, 9.17) is 28.1 Å². The second kappa shape index (κ2) is 8.80. The van der Waals surface area contributed by atoms with Crippen LogP contribution < -0.4 is 21.9 Å². The third-order valence-electron chi connectivity index (χ3n) is 6.01. The van der Waals surface area contributed by atoms with Gasteiger partial charge in [0.05, 0.1) is 39.3 Å². The van der Waals surface area contributed by atoms with E-state index in [0.717, 1.165) is 12.1 Å². The third kappa shape index (κ3) is 3.72. The molecule has 4 aromatic rings. The molecule has 5 rings (SSSR count). The number of nitrogens with zero attached hydrogens (tertiary/aromatic N) is 7. The molecule has 1 unspecified atom stereocenters. The molecule has 3 heterocycles. The van der Waals surface area contributed by atoms with Crippen LogP contribution in [0.4, 0.5) is 22.0 Å². The minimum Gasteiger partial charge on any atom is -0.382 e. The summed E-state index contributed by atoms with van der Waals surface area (Å²) in [5.74, 6) is -0.375. The van der Waals surface area contributed by atoms with Crippen LogP contribution in [0.1, 0.15) is 35.8 Å². The fraction of sp³-hybridized carbons (Fsp3) is 0.167. The van der Waals surface area contributed by atoms with E-state index >= 15 is 0 Å². The smallest absolute Gasteiger partial charge is 0.267 e. The number of halogens is 2. The van der Waals surface area contributed by atoms with E-state index < -0.39 is 17.4 Å². The largest absolute Gasteiger partial charge is 0.382 e. The van der Waals surface area contributed by atoms with E-state index in [0.29, 0.717) is 24.9 Å². The molecule has 1 saturated heterocycles. The predicted molar refractivity (Wildman–Crippen MR) is 132 cm³/mol. The number of aromatic nitrogens is 4. The number of nitrogens with two attached hydrogens (primary N) is 2. The van der Waals surface area contributed by atoms with Gasteiger partial charge in [-0.25, -0.2) is 9.37 Å². The molecular weight excluding hydrogens is 485 g/mol. The Bertz CT molecular complexity index is 1690. The summed E-state index contributed by atoms with van der Waals surface area (Å²) in [6.45, 7) is 0.464. The molecule has 0 aliphatic carbocycles. The van der Waals surface area contributed by atoms with Crippen LogP contribution in [0.25, 0.3) is 16.6 Å². The lowest BCUT2D eigenvalue weighted by Crippen LogP contribution is -2.32. The quantitative estimate of drug-likeness (QED) is 0.428. The Kier molecular flexibility index (Phi) is 5.63. The molecule has 12 heteroatoms. The van der Waals surface area contributed by atoms with Crippen molar-refractivity contribution in [3.63, 3.8) is 0 Å². The van der Waals surface area contributed by atoms with Crippen LogP contribution >= 0.6 is 11.6 Å². The van der Waals surface area contributed by atoms with Crippen molar-refractivity contribution in [1.82, 2.24) is 19.5 Å². The monoisotopic (exact) mass is 501 g/mol. The van der Waals surface area contributed by atoms with Crippen LogP contribution in [-0.4, -0.2) is 26.1 Å². The number of hydrogen-bond donors (Lipinski definition) is 2. The normalized spacial score (nSPS) is 15.1. The third-order valence-corrected chi connectivity index (χ3v) is 6.33. The van der Waals surface area contributed by atoms with E-state index in [9.17, 15) is 19.7 Å². The van der Waals surface area contributed by atoms with Crippen LogP contribution in [0.3, 0.4) is 0 Å². The summed E-state index contributed by atoms with van der Waals surface area (Å²) in [6, 6.07) is 11.9. The minimum absolute atomic E-state index is 0.0356. The number of rotatable bonds is 3. The van der Waals surface area contributed by atoms with Crippen molar-refractivity contribution in [1.29, 1.82) is 10.5 Å². The van der Waals surface area contributed by atoms with Gasteiger partial charge in [-0.3, -0.25) is 9.36 Å². The van der Waals surface area contributed by atoms with Gasteiger partial charge in [0.2, 0.25) is 5.95 Å². The van der Waals surface area contributed by atoms with E-state index in [1.807, 2.05) is 12.1 Å². The molecule has 4 N–H and O–H groups in total. The Balaban J connectivity index is 1.82.